The van der Waals surface area contributed by atoms with Gasteiger partial charge in [0.05, 0.1) is 23.9 Å². The third-order valence-electron chi connectivity index (χ3n) is 4.71. The zero-order valence-corrected chi connectivity index (χ0v) is 15.4. The molecule has 3 amide bonds. The maximum absolute atomic E-state index is 12.8. The van der Waals surface area contributed by atoms with E-state index >= 15 is 0 Å². The molecule has 0 fully saturated rings. The summed E-state index contributed by atoms with van der Waals surface area (Å²) in [6, 6.07) is 15.5. The van der Waals surface area contributed by atoms with Crippen molar-refractivity contribution in [1.82, 2.24) is 14.7 Å². The number of carbonyl (C=O) groups is 3. The van der Waals surface area contributed by atoms with Crippen LogP contribution in [-0.4, -0.2) is 32.4 Å². The van der Waals surface area contributed by atoms with Crippen LogP contribution in [-0.2, 0) is 13.6 Å². The van der Waals surface area contributed by atoms with Crippen molar-refractivity contribution in [3.63, 3.8) is 0 Å². The molecule has 2 aromatic carbocycles. The number of nitrogens with zero attached hydrogens (tertiary/aromatic N) is 4. The normalized spacial score (nSPS) is 12.6. The lowest BCUT2D eigenvalue weighted by atomic mass is 10.1. The molecule has 0 radical (unpaired) electrons. The molecule has 8 heteroatoms. The van der Waals surface area contributed by atoms with Crippen molar-refractivity contribution in [3.8, 4) is 6.07 Å². The van der Waals surface area contributed by atoms with Crippen LogP contribution >= 0.6 is 0 Å². The topological polar surface area (TPSA) is 108 Å². The molecule has 1 aromatic heterocycles. The first-order valence-electron chi connectivity index (χ1n) is 8.77. The maximum Gasteiger partial charge on any atom is 0.261 e. The van der Waals surface area contributed by atoms with Crippen molar-refractivity contribution in [2.45, 2.75) is 6.54 Å². The molecule has 0 saturated heterocycles. The predicted octanol–water partition coefficient (Wildman–Crippen LogP) is 2.34. The summed E-state index contributed by atoms with van der Waals surface area (Å²) >= 11 is 0. The number of aryl methyl sites for hydroxylation is 1. The monoisotopic (exact) mass is 385 g/mol. The van der Waals surface area contributed by atoms with Gasteiger partial charge in [-0.1, -0.05) is 30.3 Å². The summed E-state index contributed by atoms with van der Waals surface area (Å²) in [5, 5.41) is 15.7. The highest BCUT2D eigenvalue weighted by molar-refractivity contribution is 6.22. The van der Waals surface area contributed by atoms with E-state index in [1.807, 2.05) is 36.4 Å². The van der Waals surface area contributed by atoms with Gasteiger partial charge in [-0.25, -0.2) is 0 Å². The van der Waals surface area contributed by atoms with Crippen LogP contribution in [0.2, 0.25) is 0 Å². The Morgan fingerprint density at radius 1 is 1.10 bits per heavy atom. The quantitative estimate of drug-likeness (QED) is 0.694. The van der Waals surface area contributed by atoms with Gasteiger partial charge < -0.3 is 5.32 Å². The highest BCUT2D eigenvalue weighted by Crippen LogP contribution is 2.26. The Morgan fingerprint density at radius 3 is 2.55 bits per heavy atom. The Labute approximate surface area is 166 Å². The van der Waals surface area contributed by atoms with Crippen LogP contribution in [0.25, 0.3) is 0 Å². The molecule has 0 bridgehead atoms. The molecule has 29 heavy (non-hydrogen) atoms. The second kappa shape index (κ2) is 7.05. The standard InChI is InChI=1S/C21H15N5O3/c1-25-18(15(10-22)11-23-25)24-19(27)14-7-8-16-17(9-14)21(29)26(20(16)28)12-13-5-3-2-4-6-13/h2-9,11H,12H2,1H3,(H,24,27). The van der Waals surface area contributed by atoms with E-state index in [2.05, 4.69) is 10.4 Å². The molecule has 4 rings (SSSR count). The minimum Gasteiger partial charge on any atom is -0.306 e. The van der Waals surface area contributed by atoms with Crippen LogP contribution in [0.15, 0.2) is 54.7 Å². The fraction of sp³-hybridized carbons (Fsp3) is 0.0952. The van der Waals surface area contributed by atoms with Crippen molar-refractivity contribution < 1.29 is 14.4 Å². The molecule has 3 aromatic rings. The van der Waals surface area contributed by atoms with Gasteiger partial charge in [0.2, 0.25) is 0 Å². The van der Waals surface area contributed by atoms with Gasteiger partial charge in [0.25, 0.3) is 17.7 Å². The number of imide groups is 1. The predicted molar refractivity (Wildman–Crippen MR) is 103 cm³/mol. The molecule has 0 saturated carbocycles. The summed E-state index contributed by atoms with van der Waals surface area (Å²) in [7, 11) is 1.60. The van der Waals surface area contributed by atoms with Crippen LogP contribution in [0, 0.1) is 11.3 Å². The smallest absolute Gasteiger partial charge is 0.261 e. The van der Waals surface area contributed by atoms with Gasteiger partial charge in [-0.3, -0.25) is 24.0 Å². The molecule has 0 atom stereocenters. The molecule has 1 N–H and O–H groups in total. The van der Waals surface area contributed by atoms with Crippen molar-refractivity contribution in [2.75, 3.05) is 5.32 Å². The van der Waals surface area contributed by atoms with Gasteiger partial charge in [-0.15, -0.1) is 0 Å². The second-order valence-corrected chi connectivity index (χ2v) is 6.54. The lowest BCUT2D eigenvalue weighted by molar-refractivity contribution is 0.0642. The van der Waals surface area contributed by atoms with E-state index in [0.717, 1.165) is 10.5 Å². The Hall–Kier alpha value is -4.25. The van der Waals surface area contributed by atoms with E-state index in [0.29, 0.717) is 0 Å². The summed E-state index contributed by atoms with van der Waals surface area (Å²) < 4.78 is 1.38. The Morgan fingerprint density at radius 2 is 1.83 bits per heavy atom. The van der Waals surface area contributed by atoms with Crippen LogP contribution < -0.4 is 5.32 Å². The first kappa shape index (κ1) is 18.1. The third kappa shape index (κ3) is 3.15. The number of nitrogens with one attached hydrogen (secondary N) is 1. The van der Waals surface area contributed by atoms with Crippen molar-refractivity contribution in [3.05, 3.63) is 82.5 Å². The summed E-state index contributed by atoms with van der Waals surface area (Å²) in [5.41, 5.74) is 1.71. The van der Waals surface area contributed by atoms with E-state index in [1.54, 1.807) is 7.05 Å². The van der Waals surface area contributed by atoms with Gasteiger partial charge in [-0.2, -0.15) is 10.4 Å². The number of carbonyl (C=O) groups excluding carboxylic acids is 3. The SMILES string of the molecule is Cn1ncc(C#N)c1NC(=O)c1ccc2c(c1)C(=O)N(Cc1ccccc1)C2=O. The fourth-order valence-corrected chi connectivity index (χ4v) is 3.19. The number of rotatable bonds is 4. The molecule has 0 aliphatic carbocycles. The van der Waals surface area contributed by atoms with Crippen LogP contribution in [0.3, 0.4) is 0 Å². The van der Waals surface area contributed by atoms with Crippen LogP contribution in [0.4, 0.5) is 5.82 Å². The summed E-state index contributed by atoms with van der Waals surface area (Å²) in [5.74, 6) is -1.08. The number of nitriles is 1. The van der Waals surface area contributed by atoms with Gasteiger partial charge in [0.1, 0.15) is 17.5 Å². The van der Waals surface area contributed by atoms with Crippen LogP contribution in [0.5, 0.6) is 0 Å². The molecule has 0 spiro atoms. The molecule has 142 valence electrons. The van der Waals surface area contributed by atoms with Crippen molar-refractivity contribution >= 4 is 23.5 Å². The number of aromatic nitrogens is 2. The largest absolute Gasteiger partial charge is 0.306 e. The van der Waals surface area contributed by atoms with E-state index in [9.17, 15) is 14.4 Å². The summed E-state index contributed by atoms with van der Waals surface area (Å²) in [6.45, 7) is 0.162. The van der Waals surface area contributed by atoms with Gasteiger partial charge in [0, 0.05) is 12.6 Å². The lowest BCUT2D eigenvalue weighted by Gasteiger charge is -2.13. The molecule has 2 heterocycles. The zero-order valence-electron chi connectivity index (χ0n) is 15.4. The van der Waals surface area contributed by atoms with Crippen molar-refractivity contribution in [2.24, 2.45) is 7.05 Å². The zero-order chi connectivity index (χ0) is 20.5. The van der Waals surface area contributed by atoms with E-state index in [-0.39, 0.29) is 40.5 Å². The van der Waals surface area contributed by atoms with E-state index < -0.39 is 11.8 Å². The molecule has 0 unspecified atom stereocenters. The number of amides is 3. The minimum absolute atomic E-state index is 0.162. The highest BCUT2D eigenvalue weighted by atomic mass is 16.2. The van der Waals surface area contributed by atoms with Crippen molar-refractivity contribution in [1.29, 1.82) is 5.26 Å². The van der Waals surface area contributed by atoms with Gasteiger partial charge in [0.15, 0.2) is 0 Å². The number of fused-ring (bicyclic) bond motifs is 1. The lowest BCUT2D eigenvalue weighted by Crippen LogP contribution is -2.29. The number of anilines is 1. The number of hydrogen-bond acceptors (Lipinski definition) is 5. The van der Waals surface area contributed by atoms with Crippen LogP contribution in [0.1, 0.15) is 42.2 Å². The maximum atomic E-state index is 12.8. The molecular weight excluding hydrogens is 370 g/mol. The Balaban J connectivity index is 1.59. The first-order chi connectivity index (χ1) is 14.0. The third-order valence-corrected chi connectivity index (χ3v) is 4.71. The number of benzene rings is 2. The Bertz CT molecular complexity index is 1190. The number of hydrogen-bond donors (Lipinski definition) is 1. The summed E-state index contributed by atoms with van der Waals surface area (Å²) in [6.07, 6.45) is 1.35. The molecule has 1 aliphatic heterocycles. The summed E-state index contributed by atoms with van der Waals surface area (Å²) in [4.78, 5) is 39.2. The fourth-order valence-electron chi connectivity index (χ4n) is 3.19. The van der Waals surface area contributed by atoms with E-state index in [4.69, 9.17) is 5.26 Å². The molecule has 1 aliphatic rings. The highest BCUT2D eigenvalue weighted by Gasteiger charge is 2.36. The first-order valence-corrected chi connectivity index (χ1v) is 8.77. The molecule has 8 nitrogen and oxygen atoms in total. The van der Waals surface area contributed by atoms with E-state index in [1.165, 1.54) is 29.1 Å². The Kier molecular flexibility index (Phi) is 4.41. The molecular formula is C21H15N5O3. The average molecular weight is 385 g/mol. The second-order valence-electron chi connectivity index (χ2n) is 6.54. The average Bonchev–Trinajstić information content (AvgIpc) is 3.21. The minimum atomic E-state index is -0.505. The van der Waals surface area contributed by atoms with Gasteiger partial charge in [-0.05, 0) is 23.8 Å². The van der Waals surface area contributed by atoms with Gasteiger partial charge >= 0.3 is 0 Å².